The highest BCUT2D eigenvalue weighted by molar-refractivity contribution is 7.80. The summed E-state index contributed by atoms with van der Waals surface area (Å²) in [6, 6.07) is 2.52. The van der Waals surface area contributed by atoms with E-state index in [2.05, 4.69) is 23.2 Å². The minimum Gasteiger partial charge on any atom is -0.309 e. The summed E-state index contributed by atoms with van der Waals surface area (Å²) in [5.41, 5.74) is 0. The van der Waals surface area contributed by atoms with Crippen LogP contribution in [0.1, 0.15) is 58.3 Å². The van der Waals surface area contributed by atoms with Gasteiger partial charge in [0.05, 0.1) is 5.25 Å². The third-order valence-electron chi connectivity index (χ3n) is 7.08. The molecule has 2 saturated heterocycles. The maximum atomic E-state index is 11.4. The van der Waals surface area contributed by atoms with E-state index in [1.807, 2.05) is 6.08 Å². The van der Waals surface area contributed by atoms with E-state index in [9.17, 15) is 8.76 Å². The van der Waals surface area contributed by atoms with Gasteiger partial charge in [-0.1, -0.05) is 38.3 Å². The van der Waals surface area contributed by atoms with E-state index in [0.29, 0.717) is 24.0 Å². The Morgan fingerprint density at radius 2 is 1.88 bits per heavy atom. The van der Waals surface area contributed by atoms with Crippen LogP contribution in [-0.4, -0.2) is 49.6 Å². The molecule has 0 aromatic heterocycles. The molecule has 4 rings (SSSR count). The highest BCUT2D eigenvalue weighted by atomic mass is 32.2. The van der Waals surface area contributed by atoms with Crippen LogP contribution in [0.15, 0.2) is 12.2 Å². The summed E-state index contributed by atoms with van der Waals surface area (Å²) in [5, 5.41) is 3.80. The molecule has 0 radical (unpaired) electrons. The molecule has 0 aromatic carbocycles. The molecule has 0 bridgehead atoms. The van der Waals surface area contributed by atoms with Gasteiger partial charge in [0.2, 0.25) is 0 Å². The second kappa shape index (κ2) is 7.18. The van der Waals surface area contributed by atoms with Crippen molar-refractivity contribution in [2.45, 2.75) is 87.7 Å². The number of rotatable bonds is 3. The van der Waals surface area contributed by atoms with Crippen LogP contribution >= 0.6 is 0 Å². The zero-order chi connectivity index (χ0) is 16.7. The third kappa shape index (κ3) is 3.25. The highest BCUT2D eigenvalue weighted by Crippen LogP contribution is 2.39. The zero-order valence-electron chi connectivity index (χ0n) is 14.8. The molecule has 4 nitrogen and oxygen atoms in total. The van der Waals surface area contributed by atoms with Gasteiger partial charge in [0.25, 0.3) is 0 Å². The molecule has 5 heteroatoms. The fourth-order valence-electron chi connectivity index (χ4n) is 5.81. The summed E-state index contributed by atoms with van der Waals surface area (Å²) in [7, 11) is 0. The minimum atomic E-state index is -1.72. The topological polar surface area (TPSA) is 52.6 Å². The van der Waals surface area contributed by atoms with Crippen molar-refractivity contribution in [3.8, 4) is 0 Å². The lowest BCUT2D eigenvalue weighted by atomic mass is 9.82. The Morgan fingerprint density at radius 3 is 2.58 bits per heavy atom. The van der Waals surface area contributed by atoms with Gasteiger partial charge in [-0.15, -0.1) is 0 Å². The van der Waals surface area contributed by atoms with Crippen LogP contribution in [0.5, 0.6) is 0 Å². The first-order valence-electron chi connectivity index (χ1n) is 9.93. The number of likely N-dealkylation sites (tertiary alicyclic amines) is 1. The molecule has 136 valence electrons. The molecule has 2 heterocycles. The number of nitrogens with one attached hydrogen (secondary N) is 1. The van der Waals surface area contributed by atoms with Crippen LogP contribution in [0.4, 0.5) is 0 Å². The Morgan fingerprint density at radius 1 is 1.08 bits per heavy atom. The van der Waals surface area contributed by atoms with Gasteiger partial charge in [-0.2, -0.15) is 0 Å². The molecule has 7 atom stereocenters. The first-order chi connectivity index (χ1) is 11.6. The fraction of sp³-hybridized carbons (Fsp3) is 0.895. The molecule has 7 unspecified atom stereocenters. The normalized spacial score (nSPS) is 45.4. The summed E-state index contributed by atoms with van der Waals surface area (Å²) in [4.78, 5) is 2.71. The Balaban J connectivity index is 1.42. The van der Waals surface area contributed by atoms with Crippen LogP contribution in [0, 0.1) is 11.8 Å². The first-order valence-corrected chi connectivity index (χ1v) is 11.1. The average molecular weight is 353 g/mol. The van der Waals surface area contributed by atoms with Gasteiger partial charge in [0.1, 0.15) is 0 Å². The molecule has 2 aliphatic carbocycles. The minimum absolute atomic E-state index is 0.175. The van der Waals surface area contributed by atoms with Gasteiger partial charge in [-0.05, 0) is 43.9 Å². The van der Waals surface area contributed by atoms with E-state index in [4.69, 9.17) is 0 Å². The molecule has 1 saturated carbocycles. The SMILES string of the molecule is CC1CC(S(=O)O)C=CC1N1CCC2NC(C3CCCCC3)CC21. The fourth-order valence-corrected chi connectivity index (χ4v) is 6.50. The average Bonchev–Trinajstić information content (AvgIpc) is 3.16. The first kappa shape index (κ1) is 17.2. The lowest BCUT2D eigenvalue weighted by Gasteiger charge is -2.38. The lowest BCUT2D eigenvalue weighted by molar-refractivity contribution is 0.152. The lowest BCUT2D eigenvalue weighted by Crippen LogP contribution is -2.46. The summed E-state index contributed by atoms with van der Waals surface area (Å²) in [6.45, 7) is 3.42. The van der Waals surface area contributed by atoms with E-state index in [-0.39, 0.29) is 5.25 Å². The van der Waals surface area contributed by atoms with Crippen molar-refractivity contribution in [1.29, 1.82) is 0 Å². The Bertz CT molecular complexity index is 506. The monoisotopic (exact) mass is 352 g/mol. The van der Waals surface area contributed by atoms with Crippen molar-refractivity contribution in [3.05, 3.63) is 12.2 Å². The number of hydrogen-bond donors (Lipinski definition) is 2. The van der Waals surface area contributed by atoms with Crippen molar-refractivity contribution in [3.63, 3.8) is 0 Å². The van der Waals surface area contributed by atoms with Crippen LogP contribution in [0.3, 0.4) is 0 Å². The van der Waals surface area contributed by atoms with Crippen LogP contribution < -0.4 is 5.32 Å². The van der Waals surface area contributed by atoms with Crippen molar-refractivity contribution < 1.29 is 8.76 Å². The van der Waals surface area contributed by atoms with E-state index in [0.717, 1.165) is 18.4 Å². The quantitative estimate of drug-likeness (QED) is 0.606. The van der Waals surface area contributed by atoms with Gasteiger partial charge < -0.3 is 9.87 Å². The number of fused-ring (bicyclic) bond motifs is 1. The molecule has 4 aliphatic rings. The van der Waals surface area contributed by atoms with E-state index in [1.54, 1.807) is 0 Å². The van der Waals surface area contributed by atoms with Crippen molar-refractivity contribution >= 4 is 11.1 Å². The standard InChI is InChI=1S/C19H32N2O2S/c1-13-11-15(24(22)23)7-8-18(13)21-10-9-16-19(21)12-17(20-16)14-5-3-2-4-6-14/h7-8,13-20H,2-6,9-12H2,1H3,(H,22,23). The predicted molar refractivity (Wildman–Crippen MR) is 98.3 cm³/mol. The molecule has 2 N–H and O–H groups in total. The maximum absolute atomic E-state index is 11.4. The zero-order valence-corrected chi connectivity index (χ0v) is 15.6. The molecule has 0 spiro atoms. The maximum Gasteiger partial charge on any atom is 0.159 e. The predicted octanol–water partition coefficient (Wildman–Crippen LogP) is 2.93. The Hall–Kier alpha value is -0.230. The van der Waals surface area contributed by atoms with Crippen LogP contribution in [0.2, 0.25) is 0 Å². The van der Waals surface area contributed by atoms with Crippen LogP contribution in [-0.2, 0) is 11.1 Å². The number of hydrogen-bond acceptors (Lipinski definition) is 3. The van der Waals surface area contributed by atoms with Crippen molar-refractivity contribution in [2.24, 2.45) is 11.8 Å². The molecule has 3 fully saturated rings. The summed E-state index contributed by atoms with van der Waals surface area (Å²) in [5.74, 6) is 1.36. The third-order valence-corrected chi connectivity index (χ3v) is 7.95. The Labute approximate surface area is 148 Å². The van der Waals surface area contributed by atoms with Gasteiger partial charge in [-0.3, -0.25) is 4.90 Å². The summed E-state index contributed by atoms with van der Waals surface area (Å²) >= 11 is -1.72. The molecule has 24 heavy (non-hydrogen) atoms. The molecular weight excluding hydrogens is 320 g/mol. The highest BCUT2D eigenvalue weighted by Gasteiger charge is 2.47. The van der Waals surface area contributed by atoms with Crippen molar-refractivity contribution in [1.82, 2.24) is 10.2 Å². The van der Waals surface area contributed by atoms with Gasteiger partial charge in [0, 0.05) is 30.7 Å². The molecule has 2 aliphatic heterocycles. The summed E-state index contributed by atoms with van der Waals surface area (Å²) in [6.07, 6.45) is 14.7. The number of nitrogens with zero attached hydrogens (tertiary/aromatic N) is 1. The smallest absolute Gasteiger partial charge is 0.159 e. The van der Waals surface area contributed by atoms with Gasteiger partial charge >= 0.3 is 0 Å². The van der Waals surface area contributed by atoms with Gasteiger partial charge in [0.15, 0.2) is 11.1 Å². The second-order valence-corrected chi connectivity index (χ2v) is 9.67. The summed E-state index contributed by atoms with van der Waals surface area (Å²) < 4.78 is 20.7. The largest absolute Gasteiger partial charge is 0.309 e. The van der Waals surface area contributed by atoms with Crippen molar-refractivity contribution in [2.75, 3.05) is 6.54 Å². The Kier molecular flexibility index (Phi) is 5.14. The second-order valence-electron chi connectivity index (χ2n) is 8.51. The van der Waals surface area contributed by atoms with Gasteiger partial charge in [-0.25, -0.2) is 4.21 Å². The van der Waals surface area contributed by atoms with E-state index < -0.39 is 11.1 Å². The van der Waals surface area contributed by atoms with E-state index in [1.165, 1.54) is 51.5 Å². The van der Waals surface area contributed by atoms with Crippen LogP contribution in [0.25, 0.3) is 0 Å². The molecular formula is C19H32N2O2S. The molecule has 0 amide bonds. The van der Waals surface area contributed by atoms with E-state index >= 15 is 0 Å². The molecule has 0 aromatic rings.